The summed E-state index contributed by atoms with van der Waals surface area (Å²) in [7, 11) is 3.55. The quantitative estimate of drug-likeness (QED) is 0.795. The second kappa shape index (κ2) is 5.35. The Balaban J connectivity index is 2.01. The number of hydrogen-bond donors (Lipinski definition) is 0. The molecule has 1 aliphatic heterocycles. The molecule has 4 nitrogen and oxygen atoms in total. The molecule has 0 aromatic heterocycles. The van der Waals surface area contributed by atoms with Gasteiger partial charge in [-0.3, -0.25) is 4.79 Å². The number of urea groups is 1. The van der Waals surface area contributed by atoms with E-state index in [0.717, 1.165) is 29.6 Å². The third-order valence-corrected chi connectivity index (χ3v) is 4.34. The molecule has 0 radical (unpaired) electrons. The molecular formula is C17H20N2O2. The minimum Gasteiger partial charge on any atom is -0.331 e. The summed E-state index contributed by atoms with van der Waals surface area (Å²) in [5, 5.41) is 0. The van der Waals surface area contributed by atoms with Crippen molar-refractivity contribution in [1.29, 1.82) is 0 Å². The highest BCUT2D eigenvalue weighted by Gasteiger charge is 2.39. The maximum atomic E-state index is 12.4. The zero-order valence-electron chi connectivity index (χ0n) is 12.5. The summed E-state index contributed by atoms with van der Waals surface area (Å²) in [4.78, 5) is 28.2. The first-order chi connectivity index (χ1) is 10.1. The number of fused-ring (bicyclic) bond motifs is 1. The van der Waals surface area contributed by atoms with Crippen LogP contribution in [-0.2, 0) is 4.79 Å². The number of likely N-dealkylation sites (tertiary alicyclic amines) is 1. The maximum absolute atomic E-state index is 12.4. The van der Waals surface area contributed by atoms with E-state index in [9.17, 15) is 9.59 Å². The Morgan fingerprint density at radius 1 is 1.19 bits per heavy atom. The standard InChI is InChI=1S/C17H20N2O2/c1-18(2)17(21)19-11-10-13-14(19)8-9-15(20)16(13)12-6-4-3-5-7-12/h3-7,14H,8-11H2,1-2H3/t14-/m0/s1. The molecule has 1 aromatic carbocycles. The van der Waals surface area contributed by atoms with Crippen LogP contribution >= 0.6 is 0 Å². The normalized spacial score (nSPS) is 21.5. The number of amides is 2. The van der Waals surface area contributed by atoms with Crippen LogP contribution in [0.5, 0.6) is 0 Å². The molecular weight excluding hydrogens is 264 g/mol. The van der Waals surface area contributed by atoms with Gasteiger partial charge in [0, 0.05) is 32.6 Å². The number of Topliss-reactive ketones (excluding diaryl/α,β-unsaturated/α-hetero) is 1. The van der Waals surface area contributed by atoms with Gasteiger partial charge in [-0.25, -0.2) is 4.79 Å². The van der Waals surface area contributed by atoms with Gasteiger partial charge in [0.05, 0.1) is 6.04 Å². The fourth-order valence-electron chi connectivity index (χ4n) is 3.38. The van der Waals surface area contributed by atoms with E-state index in [1.165, 1.54) is 0 Å². The molecule has 0 N–H and O–H groups in total. The smallest absolute Gasteiger partial charge is 0.319 e. The Morgan fingerprint density at radius 3 is 2.57 bits per heavy atom. The van der Waals surface area contributed by atoms with Gasteiger partial charge in [-0.05, 0) is 24.0 Å². The van der Waals surface area contributed by atoms with Gasteiger partial charge in [0.1, 0.15) is 0 Å². The van der Waals surface area contributed by atoms with Crippen LogP contribution in [0.15, 0.2) is 35.9 Å². The Labute approximate surface area is 125 Å². The van der Waals surface area contributed by atoms with Gasteiger partial charge < -0.3 is 9.80 Å². The molecule has 0 bridgehead atoms. The third-order valence-electron chi connectivity index (χ3n) is 4.34. The lowest BCUT2D eigenvalue weighted by Gasteiger charge is -2.31. The largest absolute Gasteiger partial charge is 0.331 e. The summed E-state index contributed by atoms with van der Waals surface area (Å²) in [6.45, 7) is 0.709. The minimum atomic E-state index is 0.0387. The number of nitrogens with zero attached hydrogens (tertiary/aromatic N) is 2. The number of allylic oxidation sites excluding steroid dienone is 1. The van der Waals surface area contributed by atoms with E-state index < -0.39 is 0 Å². The van der Waals surface area contributed by atoms with Crippen molar-refractivity contribution in [3.05, 3.63) is 41.5 Å². The minimum absolute atomic E-state index is 0.0387. The SMILES string of the molecule is CN(C)C(=O)N1CCC2=C(c3ccccc3)C(=O)CC[C@@H]21. The summed E-state index contributed by atoms with van der Waals surface area (Å²) in [6, 6.07) is 9.97. The van der Waals surface area contributed by atoms with Crippen molar-refractivity contribution in [3.8, 4) is 0 Å². The van der Waals surface area contributed by atoms with E-state index >= 15 is 0 Å². The first-order valence-corrected chi connectivity index (χ1v) is 7.39. The van der Waals surface area contributed by atoms with Gasteiger partial charge >= 0.3 is 6.03 Å². The third kappa shape index (κ3) is 2.35. The van der Waals surface area contributed by atoms with Crippen molar-refractivity contribution in [2.45, 2.75) is 25.3 Å². The van der Waals surface area contributed by atoms with Crippen LogP contribution in [0, 0.1) is 0 Å². The van der Waals surface area contributed by atoms with Crippen molar-refractivity contribution in [1.82, 2.24) is 9.80 Å². The zero-order chi connectivity index (χ0) is 15.0. The van der Waals surface area contributed by atoms with E-state index in [-0.39, 0.29) is 17.9 Å². The van der Waals surface area contributed by atoms with Crippen LogP contribution in [0.1, 0.15) is 24.8 Å². The van der Waals surface area contributed by atoms with Gasteiger partial charge in [-0.2, -0.15) is 0 Å². The second-order valence-corrected chi connectivity index (χ2v) is 5.86. The average molecular weight is 284 g/mol. The second-order valence-electron chi connectivity index (χ2n) is 5.86. The van der Waals surface area contributed by atoms with Crippen LogP contribution in [0.2, 0.25) is 0 Å². The Morgan fingerprint density at radius 2 is 1.90 bits per heavy atom. The first kappa shape index (κ1) is 13.9. The Kier molecular flexibility index (Phi) is 3.53. The number of benzene rings is 1. The van der Waals surface area contributed by atoms with Gasteiger partial charge in [0.15, 0.2) is 5.78 Å². The molecule has 110 valence electrons. The maximum Gasteiger partial charge on any atom is 0.319 e. The highest BCUT2D eigenvalue weighted by molar-refractivity contribution is 6.22. The molecule has 2 amide bonds. The van der Waals surface area contributed by atoms with E-state index in [4.69, 9.17) is 0 Å². The van der Waals surface area contributed by atoms with E-state index in [0.29, 0.717) is 13.0 Å². The highest BCUT2D eigenvalue weighted by atomic mass is 16.2. The van der Waals surface area contributed by atoms with Crippen LogP contribution < -0.4 is 0 Å². The van der Waals surface area contributed by atoms with Crippen molar-refractivity contribution in [3.63, 3.8) is 0 Å². The lowest BCUT2D eigenvalue weighted by Crippen LogP contribution is -2.43. The molecule has 1 aromatic rings. The molecule has 1 heterocycles. The van der Waals surface area contributed by atoms with Crippen LogP contribution in [-0.4, -0.2) is 48.3 Å². The molecule has 1 fully saturated rings. The lowest BCUT2D eigenvalue weighted by atomic mass is 9.83. The van der Waals surface area contributed by atoms with Gasteiger partial charge in [0.2, 0.25) is 0 Å². The van der Waals surface area contributed by atoms with Crippen LogP contribution in [0.4, 0.5) is 4.79 Å². The summed E-state index contributed by atoms with van der Waals surface area (Å²) >= 11 is 0. The zero-order valence-corrected chi connectivity index (χ0v) is 12.5. The highest BCUT2D eigenvalue weighted by Crippen LogP contribution is 2.38. The predicted octanol–water partition coefficient (Wildman–Crippen LogP) is 2.56. The number of carbonyl (C=O) groups excluding carboxylic acids is 2. The van der Waals surface area contributed by atoms with Crippen molar-refractivity contribution < 1.29 is 9.59 Å². The van der Waals surface area contributed by atoms with Gasteiger partial charge in [-0.1, -0.05) is 30.3 Å². The van der Waals surface area contributed by atoms with Crippen LogP contribution in [0.25, 0.3) is 5.57 Å². The van der Waals surface area contributed by atoms with Crippen molar-refractivity contribution in [2.24, 2.45) is 0 Å². The predicted molar refractivity (Wildman–Crippen MR) is 81.8 cm³/mol. The number of rotatable bonds is 1. The average Bonchev–Trinajstić information content (AvgIpc) is 2.90. The van der Waals surface area contributed by atoms with E-state index in [2.05, 4.69) is 0 Å². The fourth-order valence-corrected chi connectivity index (χ4v) is 3.38. The molecule has 21 heavy (non-hydrogen) atoms. The van der Waals surface area contributed by atoms with Gasteiger partial charge in [0.25, 0.3) is 0 Å². The van der Waals surface area contributed by atoms with E-state index in [1.807, 2.05) is 35.2 Å². The number of ketones is 1. The molecule has 1 aliphatic carbocycles. The molecule has 4 heteroatoms. The summed E-state index contributed by atoms with van der Waals surface area (Å²) in [5.41, 5.74) is 2.98. The molecule has 0 saturated carbocycles. The van der Waals surface area contributed by atoms with Crippen molar-refractivity contribution >= 4 is 17.4 Å². The Bertz CT molecular complexity index is 604. The first-order valence-electron chi connectivity index (χ1n) is 7.39. The molecule has 2 aliphatic rings. The molecule has 1 saturated heterocycles. The fraction of sp³-hybridized carbons (Fsp3) is 0.412. The summed E-state index contributed by atoms with van der Waals surface area (Å²) in [5.74, 6) is 0.214. The number of carbonyl (C=O) groups is 2. The molecule has 0 unspecified atom stereocenters. The topological polar surface area (TPSA) is 40.6 Å². The van der Waals surface area contributed by atoms with Crippen molar-refractivity contribution in [2.75, 3.05) is 20.6 Å². The Hall–Kier alpha value is -2.10. The lowest BCUT2D eigenvalue weighted by molar-refractivity contribution is -0.114. The van der Waals surface area contributed by atoms with Crippen LogP contribution in [0.3, 0.4) is 0 Å². The molecule has 1 atom stereocenters. The molecule has 0 spiro atoms. The monoisotopic (exact) mass is 284 g/mol. The number of hydrogen-bond acceptors (Lipinski definition) is 2. The summed E-state index contributed by atoms with van der Waals surface area (Å²) < 4.78 is 0. The summed E-state index contributed by atoms with van der Waals surface area (Å²) in [6.07, 6.45) is 2.08. The molecule has 3 rings (SSSR count). The van der Waals surface area contributed by atoms with E-state index in [1.54, 1.807) is 19.0 Å². The van der Waals surface area contributed by atoms with Gasteiger partial charge in [-0.15, -0.1) is 0 Å².